The summed E-state index contributed by atoms with van der Waals surface area (Å²) in [7, 11) is 3.26. The first-order valence-corrected chi connectivity index (χ1v) is 5.97. The maximum Gasteiger partial charge on any atom is 0.217 e. The molecule has 0 amide bonds. The van der Waals surface area contributed by atoms with Crippen LogP contribution in [0, 0.1) is 19.7 Å². The molecule has 5 heteroatoms. The number of nitrogens with zero attached hydrogens (tertiary/aromatic N) is 2. The fraction of sp³-hybridized carbons (Fsp3) is 0.357. The summed E-state index contributed by atoms with van der Waals surface area (Å²) in [5.74, 6) is 0.105. The largest absolute Gasteiger partial charge is 0.481 e. The molecule has 2 rings (SSSR count). The fourth-order valence-corrected chi connectivity index (χ4v) is 2.27. The van der Waals surface area contributed by atoms with Crippen molar-refractivity contribution < 1.29 is 14.2 Å². The van der Waals surface area contributed by atoms with Gasteiger partial charge in [-0.3, -0.25) is 0 Å². The number of methoxy groups -OCH3 is 1. The number of aromatic nitrogens is 2. The van der Waals surface area contributed by atoms with Crippen LogP contribution in [0.3, 0.4) is 0 Å². The molecule has 4 nitrogen and oxygen atoms in total. The minimum atomic E-state index is -0.959. The van der Waals surface area contributed by atoms with Gasteiger partial charge in [0.2, 0.25) is 5.88 Å². The lowest BCUT2D eigenvalue weighted by atomic mass is 9.97. The Bertz CT molecular complexity index is 608. The lowest BCUT2D eigenvalue weighted by molar-refractivity contribution is 0.211. The molecular weight excluding hydrogens is 247 g/mol. The van der Waals surface area contributed by atoms with Crippen LogP contribution in [0.4, 0.5) is 4.39 Å². The van der Waals surface area contributed by atoms with Crippen molar-refractivity contribution in [3.8, 4) is 5.88 Å². The van der Waals surface area contributed by atoms with Crippen molar-refractivity contribution in [3.05, 3.63) is 46.4 Å². The number of halogens is 1. The van der Waals surface area contributed by atoms with Crippen molar-refractivity contribution >= 4 is 0 Å². The second-order valence-electron chi connectivity index (χ2n) is 4.54. The Hall–Kier alpha value is -1.88. The molecule has 1 heterocycles. The highest BCUT2D eigenvalue weighted by Crippen LogP contribution is 2.33. The van der Waals surface area contributed by atoms with Crippen LogP contribution in [0.15, 0.2) is 18.2 Å². The van der Waals surface area contributed by atoms with Gasteiger partial charge in [0.05, 0.1) is 18.4 Å². The van der Waals surface area contributed by atoms with Gasteiger partial charge in [-0.15, -0.1) is 0 Å². The molecule has 1 atom stereocenters. The molecule has 19 heavy (non-hydrogen) atoms. The number of benzene rings is 1. The first kappa shape index (κ1) is 13.5. The van der Waals surface area contributed by atoms with Gasteiger partial charge in [-0.2, -0.15) is 5.10 Å². The van der Waals surface area contributed by atoms with E-state index in [1.807, 2.05) is 6.92 Å². The Morgan fingerprint density at radius 2 is 2.05 bits per heavy atom. The van der Waals surface area contributed by atoms with Crippen LogP contribution in [0.5, 0.6) is 5.88 Å². The third kappa shape index (κ3) is 2.33. The summed E-state index contributed by atoms with van der Waals surface area (Å²) in [6, 6.07) is 4.36. The van der Waals surface area contributed by atoms with Gasteiger partial charge in [0.15, 0.2) is 0 Å². The number of hydrogen-bond acceptors (Lipinski definition) is 3. The van der Waals surface area contributed by atoms with Gasteiger partial charge >= 0.3 is 0 Å². The van der Waals surface area contributed by atoms with Crippen molar-refractivity contribution in [1.29, 1.82) is 0 Å². The van der Waals surface area contributed by atoms with Crippen molar-refractivity contribution in [1.82, 2.24) is 9.78 Å². The minimum absolute atomic E-state index is 0.375. The zero-order chi connectivity index (χ0) is 14.2. The summed E-state index contributed by atoms with van der Waals surface area (Å²) < 4.78 is 20.2. The van der Waals surface area contributed by atoms with E-state index in [1.54, 1.807) is 24.7 Å². The molecule has 0 aliphatic heterocycles. The molecule has 0 spiro atoms. The molecule has 0 aliphatic carbocycles. The lowest BCUT2D eigenvalue weighted by Crippen LogP contribution is -2.06. The highest BCUT2D eigenvalue weighted by Gasteiger charge is 2.24. The maximum absolute atomic E-state index is 13.3. The topological polar surface area (TPSA) is 47.3 Å². The predicted molar refractivity (Wildman–Crippen MR) is 69.7 cm³/mol. The number of aliphatic hydroxyl groups is 1. The second kappa shape index (κ2) is 5.01. The highest BCUT2D eigenvalue weighted by molar-refractivity contribution is 5.42. The van der Waals surface area contributed by atoms with E-state index >= 15 is 0 Å². The minimum Gasteiger partial charge on any atom is -0.481 e. The Morgan fingerprint density at radius 1 is 1.37 bits per heavy atom. The first-order valence-electron chi connectivity index (χ1n) is 5.97. The molecule has 1 aromatic heterocycles. The summed E-state index contributed by atoms with van der Waals surface area (Å²) in [4.78, 5) is 0. The number of rotatable bonds is 3. The molecule has 2 aromatic rings. The van der Waals surface area contributed by atoms with Gasteiger partial charge < -0.3 is 9.84 Å². The Morgan fingerprint density at radius 3 is 2.68 bits per heavy atom. The van der Waals surface area contributed by atoms with Crippen molar-refractivity contribution in [3.63, 3.8) is 0 Å². The third-order valence-corrected chi connectivity index (χ3v) is 3.22. The highest BCUT2D eigenvalue weighted by atomic mass is 19.1. The molecule has 0 saturated carbocycles. The first-order chi connectivity index (χ1) is 8.95. The average Bonchev–Trinajstić information content (AvgIpc) is 2.65. The quantitative estimate of drug-likeness (QED) is 0.925. The normalized spacial score (nSPS) is 12.5. The van der Waals surface area contributed by atoms with E-state index in [1.165, 1.54) is 19.2 Å². The van der Waals surface area contributed by atoms with E-state index < -0.39 is 6.10 Å². The van der Waals surface area contributed by atoms with Gasteiger partial charge in [0.1, 0.15) is 11.9 Å². The molecule has 0 bridgehead atoms. The summed E-state index contributed by atoms with van der Waals surface area (Å²) >= 11 is 0. The molecule has 0 saturated heterocycles. The molecule has 0 radical (unpaired) electrons. The van der Waals surface area contributed by atoms with Crippen LogP contribution in [0.2, 0.25) is 0 Å². The standard InChI is InChI=1S/C14H17FN2O2/c1-8-5-6-10(15)7-11(8)13(18)12-9(2)16-17(3)14(12)19-4/h5-7,13,18H,1-4H3. The number of aryl methyl sites for hydroxylation is 3. The van der Waals surface area contributed by atoms with Crippen LogP contribution < -0.4 is 4.74 Å². The van der Waals surface area contributed by atoms with E-state index in [0.29, 0.717) is 22.7 Å². The summed E-state index contributed by atoms with van der Waals surface area (Å²) in [5.41, 5.74) is 2.57. The Balaban J connectivity index is 2.55. The Kier molecular flexibility index (Phi) is 3.57. The van der Waals surface area contributed by atoms with E-state index in [4.69, 9.17) is 4.74 Å². The molecule has 0 aliphatic rings. The zero-order valence-electron chi connectivity index (χ0n) is 11.4. The summed E-state index contributed by atoms with van der Waals surface area (Å²) in [6.45, 7) is 3.62. The van der Waals surface area contributed by atoms with Crippen LogP contribution >= 0.6 is 0 Å². The van der Waals surface area contributed by atoms with Gasteiger partial charge in [-0.05, 0) is 37.1 Å². The van der Waals surface area contributed by atoms with Crippen molar-refractivity contribution in [2.45, 2.75) is 20.0 Å². The van der Waals surface area contributed by atoms with E-state index in [0.717, 1.165) is 5.56 Å². The second-order valence-corrected chi connectivity index (χ2v) is 4.54. The molecule has 1 aromatic carbocycles. The monoisotopic (exact) mass is 264 g/mol. The Labute approximate surface area is 111 Å². The predicted octanol–water partition coefficient (Wildman–Crippen LogP) is 2.27. The van der Waals surface area contributed by atoms with Crippen LogP contribution in [-0.4, -0.2) is 22.0 Å². The van der Waals surface area contributed by atoms with Gasteiger partial charge in [0.25, 0.3) is 0 Å². The third-order valence-electron chi connectivity index (χ3n) is 3.22. The molecule has 0 fully saturated rings. The summed E-state index contributed by atoms with van der Waals surface area (Å²) in [5, 5.41) is 14.7. The van der Waals surface area contributed by atoms with Crippen LogP contribution in [0.1, 0.15) is 28.5 Å². The average molecular weight is 264 g/mol. The molecule has 1 N–H and O–H groups in total. The summed E-state index contributed by atoms with van der Waals surface area (Å²) in [6.07, 6.45) is -0.959. The molecular formula is C14H17FN2O2. The zero-order valence-corrected chi connectivity index (χ0v) is 11.4. The van der Waals surface area contributed by atoms with Crippen molar-refractivity contribution in [2.24, 2.45) is 7.05 Å². The molecule has 1 unspecified atom stereocenters. The number of aliphatic hydroxyl groups excluding tert-OH is 1. The fourth-order valence-electron chi connectivity index (χ4n) is 2.27. The van der Waals surface area contributed by atoms with Gasteiger partial charge in [-0.1, -0.05) is 6.07 Å². The lowest BCUT2D eigenvalue weighted by Gasteiger charge is -2.15. The molecule has 102 valence electrons. The van der Waals surface area contributed by atoms with E-state index in [2.05, 4.69) is 5.10 Å². The van der Waals surface area contributed by atoms with Crippen LogP contribution in [-0.2, 0) is 7.05 Å². The van der Waals surface area contributed by atoms with E-state index in [-0.39, 0.29) is 5.82 Å². The smallest absolute Gasteiger partial charge is 0.217 e. The van der Waals surface area contributed by atoms with Crippen LogP contribution in [0.25, 0.3) is 0 Å². The van der Waals surface area contributed by atoms with Gasteiger partial charge in [-0.25, -0.2) is 9.07 Å². The maximum atomic E-state index is 13.3. The van der Waals surface area contributed by atoms with E-state index in [9.17, 15) is 9.50 Å². The van der Waals surface area contributed by atoms with Crippen molar-refractivity contribution in [2.75, 3.05) is 7.11 Å². The van der Waals surface area contributed by atoms with Gasteiger partial charge in [0, 0.05) is 7.05 Å². The SMILES string of the molecule is COc1c(C(O)c2cc(F)ccc2C)c(C)nn1C. The number of ether oxygens (including phenoxy) is 1. The number of hydrogen-bond donors (Lipinski definition) is 1.